The van der Waals surface area contributed by atoms with E-state index in [1.807, 2.05) is 6.07 Å². The van der Waals surface area contributed by atoms with Crippen molar-refractivity contribution in [1.29, 1.82) is 0 Å². The molecule has 0 bridgehead atoms. The van der Waals surface area contributed by atoms with Crippen molar-refractivity contribution in [3.63, 3.8) is 0 Å². The molecule has 3 aliphatic heterocycles. The van der Waals surface area contributed by atoms with Crippen molar-refractivity contribution >= 4 is 5.69 Å². The van der Waals surface area contributed by atoms with Crippen LogP contribution in [0.4, 0.5) is 5.69 Å². The first-order valence-corrected chi connectivity index (χ1v) is 7.17. The number of hydrogen-bond acceptors (Lipinski definition) is 5. The van der Waals surface area contributed by atoms with Crippen LogP contribution in [0, 0.1) is 0 Å². The van der Waals surface area contributed by atoms with Gasteiger partial charge in [0.2, 0.25) is 0 Å². The molecule has 0 radical (unpaired) electrons. The highest BCUT2D eigenvalue weighted by molar-refractivity contribution is 5.61. The van der Waals surface area contributed by atoms with Crippen LogP contribution in [-0.4, -0.2) is 43.2 Å². The molecular formula is C15H19NO4. The van der Waals surface area contributed by atoms with E-state index in [1.54, 1.807) is 0 Å². The topological polar surface area (TPSA) is 83.8 Å². The summed E-state index contributed by atoms with van der Waals surface area (Å²) in [5, 5.41) is 10.6. The first-order valence-electron chi connectivity index (χ1n) is 7.17. The van der Waals surface area contributed by atoms with Crippen LogP contribution in [0.5, 0.6) is 5.75 Å². The minimum absolute atomic E-state index is 0.214. The highest BCUT2D eigenvalue weighted by Gasteiger charge is 2.32. The van der Waals surface area contributed by atoms with E-state index in [1.165, 1.54) is 0 Å². The number of anilines is 1. The number of rotatable bonds is 6. The van der Waals surface area contributed by atoms with E-state index in [0.717, 1.165) is 49.4 Å². The van der Waals surface area contributed by atoms with E-state index in [9.17, 15) is 5.11 Å². The summed E-state index contributed by atoms with van der Waals surface area (Å²) in [6.45, 7) is 2.35. The molecule has 1 aromatic carbocycles. The Morgan fingerprint density at radius 3 is 2.00 bits per heavy atom. The zero-order chi connectivity index (χ0) is 13.7. The Morgan fingerprint density at radius 2 is 1.45 bits per heavy atom. The van der Waals surface area contributed by atoms with Crippen molar-refractivity contribution in [3.05, 3.63) is 22.8 Å². The summed E-state index contributed by atoms with van der Waals surface area (Å²) in [6, 6.07) is 2.00. The van der Waals surface area contributed by atoms with E-state index in [0.29, 0.717) is 17.9 Å². The van der Waals surface area contributed by atoms with Crippen molar-refractivity contribution in [2.75, 3.05) is 25.6 Å². The number of phenols is 1. The predicted molar refractivity (Wildman–Crippen MR) is 72.9 cm³/mol. The number of ether oxygens (including phenoxy) is 3. The lowest BCUT2D eigenvalue weighted by Gasteiger charge is -2.16. The van der Waals surface area contributed by atoms with Crippen molar-refractivity contribution in [1.82, 2.24) is 0 Å². The lowest BCUT2D eigenvalue weighted by molar-refractivity contribution is 0.391. The number of aromatic hydroxyl groups is 1. The number of hydrogen-bond donors (Lipinski definition) is 2. The standard InChI is InChI=1S/C15H19NO4/c16-14-2-8(1-9-5-18-9)12(3-10-6-19-10)15(17)13(14)4-11-7-20-11/h2,9-11,17H,1,3-7,16H2. The number of benzene rings is 1. The second-order valence-electron chi connectivity index (χ2n) is 5.91. The molecule has 0 amide bonds. The molecule has 20 heavy (non-hydrogen) atoms. The molecule has 3 saturated heterocycles. The Labute approximate surface area is 117 Å². The number of phenolic OH excluding ortho intramolecular Hbond substituents is 1. The Bertz CT molecular complexity index is 533. The zero-order valence-electron chi connectivity index (χ0n) is 11.3. The van der Waals surface area contributed by atoms with Crippen molar-refractivity contribution in [2.24, 2.45) is 0 Å². The maximum absolute atomic E-state index is 10.6. The zero-order valence-corrected chi connectivity index (χ0v) is 11.3. The van der Waals surface area contributed by atoms with Crippen LogP contribution >= 0.6 is 0 Å². The van der Waals surface area contributed by atoms with Gasteiger partial charge < -0.3 is 25.1 Å². The summed E-state index contributed by atoms with van der Waals surface area (Å²) < 4.78 is 15.9. The van der Waals surface area contributed by atoms with Gasteiger partial charge in [0.1, 0.15) is 5.75 Å². The predicted octanol–water partition coefficient (Wildman–Crippen LogP) is 0.798. The van der Waals surface area contributed by atoms with Gasteiger partial charge in [-0.3, -0.25) is 0 Å². The van der Waals surface area contributed by atoms with Gasteiger partial charge in [0.25, 0.3) is 0 Å². The monoisotopic (exact) mass is 277 g/mol. The Hall–Kier alpha value is -1.30. The largest absolute Gasteiger partial charge is 0.507 e. The molecule has 3 fully saturated rings. The summed E-state index contributed by atoms with van der Waals surface area (Å²) in [5.74, 6) is 0.339. The molecule has 3 unspecified atom stereocenters. The summed E-state index contributed by atoms with van der Waals surface area (Å²) in [5.41, 5.74) is 9.68. The average Bonchev–Trinajstić information content (AvgIpc) is 3.22. The van der Waals surface area contributed by atoms with E-state index < -0.39 is 0 Å². The fourth-order valence-corrected chi connectivity index (χ4v) is 2.72. The fraction of sp³-hybridized carbons (Fsp3) is 0.600. The quantitative estimate of drug-likeness (QED) is 0.593. The first kappa shape index (κ1) is 12.4. The minimum atomic E-state index is 0.214. The summed E-state index contributed by atoms with van der Waals surface area (Å²) in [6.07, 6.45) is 3.01. The number of nitrogens with two attached hydrogens (primary N) is 1. The van der Waals surface area contributed by atoms with Crippen LogP contribution in [0.2, 0.25) is 0 Å². The molecule has 3 atom stereocenters. The Kier molecular flexibility index (Phi) is 2.87. The van der Waals surface area contributed by atoms with Gasteiger partial charge in [-0.2, -0.15) is 0 Å². The second-order valence-corrected chi connectivity index (χ2v) is 5.91. The van der Waals surface area contributed by atoms with Crippen LogP contribution < -0.4 is 5.73 Å². The number of nitrogen functional groups attached to an aromatic ring is 1. The molecule has 108 valence electrons. The molecule has 3 N–H and O–H groups in total. The van der Waals surface area contributed by atoms with Gasteiger partial charge in [0.15, 0.2) is 0 Å². The third-order valence-electron chi connectivity index (χ3n) is 4.16. The summed E-state index contributed by atoms with van der Waals surface area (Å²) in [4.78, 5) is 0. The van der Waals surface area contributed by atoms with E-state index in [-0.39, 0.29) is 18.3 Å². The number of epoxide rings is 3. The second kappa shape index (κ2) is 4.62. The molecule has 4 rings (SSSR count). The molecular weight excluding hydrogens is 258 g/mol. The van der Waals surface area contributed by atoms with Crippen LogP contribution in [0.1, 0.15) is 16.7 Å². The first-order chi connectivity index (χ1) is 9.70. The Balaban J connectivity index is 1.68. The van der Waals surface area contributed by atoms with Gasteiger partial charge in [-0.1, -0.05) is 0 Å². The lowest BCUT2D eigenvalue weighted by Crippen LogP contribution is -2.08. The Morgan fingerprint density at radius 1 is 0.950 bits per heavy atom. The lowest BCUT2D eigenvalue weighted by atomic mass is 9.92. The normalized spacial score (nSPS) is 30.3. The molecule has 0 aromatic heterocycles. The van der Waals surface area contributed by atoms with Gasteiger partial charge in [0.05, 0.1) is 38.1 Å². The van der Waals surface area contributed by atoms with Crippen LogP contribution in [0.15, 0.2) is 6.07 Å². The van der Waals surface area contributed by atoms with Gasteiger partial charge in [-0.15, -0.1) is 0 Å². The average molecular weight is 277 g/mol. The maximum atomic E-state index is 10.6. The van der Waals surface area contributed by atoms with Crippen molar-refractivity contribution in [2.45, 2.75) is 37.6 Å². The van der Waals surface area contributed by atoms with Gasteiger partial charge in [0, 0.05) is 36.1 Å². The summed E-state index contributed by atoms with van der Waals surface area (Å²) >= 11 is 0. The fourth-order valence-electron chi connectivity index (χ4n) is 2.72. The van der Waals surface area contributed by atoms with Crippen molar-refractivity contribution < 1.29 is 19.3 Å². The van der Waals surface area contributed by atoms with E-state index in [4.69, 9.17) is 19.9 Å². The van der Waals surface area contributed by atoms with Crippen molar-refractivity contribution in [3.8, 4) is 5.75 Å². The van der Waals surface area contributed by atoms with Crippen LogP contribution in [-0.2, 0) is 33.5 Å². The van der Waals surface area contributed by atoms with Gasteiger partial charge in [-0.05, 0) is 11.6 Å². The van der Waals surface area contributed by atoms with E-state index in [2.05, 4.69) is 0 Å². The molecule has 1 aromatic rings. The van der Waals surface area contributed by atoms with E-state index >= 15 is 0 Å². The molecule has 5 heteroatoms. The molecule has 0 aliphatic carbocycles. The molecule has 0 saturated carbocycles. The van der Waals surface area contributed by atoms with Crippen LogP contribution in [0.3, 0.4) is 0 Å². The third-order valence-corrected chi connectivity index (χ3v) is 4.16. The third kappa shape index (κ3) is 2.61. The molecule has 5 nitrogen and oxygen atoms in total. The van der Waals surface area contributed by atoms with Gasteiger partial charge in [-0.25, -0.2) is 0 Å². The minimum Gasteiger partial charge on any atom is -0.507 e. The smallest absolute Gasteiger partial charge is 0.124 e. The maximum Gasteiger partial charge on any atom is 0.124 e. The molecule has 3 aliphatic rings. The molecule has 0 spiro atoms. The summed E-state index contributed by atoms with van der Waals surface area (Å²) in [7, 11) is 0. The highest BCUT2D eigenvalue weighted by Crippen LogP contribution is 2.37. The SMILES string of the molecule is Nc1cc(CC2CO2)c(CC2CO2)c(O)c1CC1CO1. The molecule has 3 heterocycles. The highest BCUT2D eigenvalue weighted by atomic mass is 16.6. The van der Waals surface area contributed by atoms with Crippen LogP contribution in [0.25, 0.3) is 0 Å². The van der Waals surface area contributed by atoms with Gasteiger partial charge >= 0.3 is 0 Å².